The lowest BCUT2D eigenvalue weighted by molar-refractivity contribution is 0.596. The standard InChI is InChI=1S/C11H17NO2S/c1-4-15(13,14)11-6-9(3)8(2)5-10(11)7-12/h5-6H,4,7,12H2,1-3H3. The minimum absolute atomic E-state index is 0.114. The lowest BCUT2D eigenvalue weighted by Gasteiger charge is -2.11. The van der Waals surface area contributed by atoms with Crippen LogP contribution in [-0.2, 0) is 16.4 Å². The molecule has 0 unspecified atom stereocenters. The van der Waals surface area contributed by atoms with E-state index in [4.69, 9.17) is 5.73 Å². The van der Waals surface area contributed by atoms with Gasteiger partial charge in [-0.25, -0.2) is 8.42 Å². The van der Waals surface area contributed by atoms with Gasteiger partial charge in [-0.3, -0.25) is 0 Å². The van der Waals surface area contributed by atoms with Crippen molar-refractivity contribution in [3.8, 4) is 0 Å². The first-order valence-corrected chi connectivity index (χ1v) is 6.60. The molecule has 0 bridgehead atoms. The van der Waals surface area contributed by atoms with Crippen LogP contribution in [0.1, 0.15) is 23.6 Å². The summed E-state index contributed by atoms with van der Waals surface area (Å²) in [6.07, 6.45) is 0. The van der Waals surface area contributed by atoms with Gasteiger partial charge in [0, 0.05) is 6.54 Å². The molecule has 15 heavy (non-hydrogen) atoms. The average molecular weight is 227 g/mol. The van der Waals surface area contributed by atoms with Gasteiger partial charge in [0.25, 0.3) is 0 Å². The van der Waals surface area contributed by atoms with Gasteiger partial charge in [0.2, 0.25) is 0 Å². The molecule has 4 heteroatoms. The Morgan fingerprint density at radius 3 is 2.20 bits per heavy atom. The zero-order chi connectivity index (χ0) is 11.6. The second-order valence-corrected chi connectivity index (χ2v) is 5.90. The van der Waals surface area contributed by atoms with Crippen LogP contribution < -0.4 is 5.73 Å². The molecule has 0 saturated heterocycles. The molecule has 3 nitrogen and oxygen atoms in total. The van der Waals surface area contributed by atoms with Crippen molar-refractivity contribution in [3.05, 3.63) is 28.8 Å². The Morgan fingerprint density at radius 1 is 1.20 bits per heavy atom. The summed E-state index contributed by atoms with van der Waals surface area (Å²) in [5.74, 6) is 0.114. The first kappa shape index (κ1) is 12.2. The van der Waals surface area contributed by atoms with Crippen molar-refractivity contribution >= 4 is 9.84 Å². The van der Waals surface area contributed by atoms with Gasteiger partial charge in [-0.1, -0.05) is 13.0 Å². The highest BCUT2D eigenvalue weighted by atomic mass is 32.2. The number of aryl methyl sites for hydroxylation is 2. The predicted octanol–water partition coefficient (Wildman–Crippen LogP) is 1.56. The maximum atomic E-state index is 11.8. The van der Waals surface area contributed by atoms with E-state index < -0.39 is 9.84 Å². The molecular weight excluding hydrogens is 210 g/mol. The van der Waals surface area contributed by atoms with Crippen LogP contribution in [-0.4, -0.2) is 14.2 Å². The summed E-state index contributed by atoms with van der Waals surface area (Å²) in [5.41, 5.74) is 8.32. The van der Waals surface area contributed by atoms with E-state index in [-0.39, 0.29) is 12.3 Å². The predicted molar refractivity (Wildman–Crippen MR) is 61.5 cm³/mol. The number of rotatable bonds is 3. The van der Waals surface area contributed by atoms with Gasteiger partial charge < -0.3 is 5.73 Å². The lowest BCUT2D eigenvalue weighted by Crippen LogP contribution is -2.11. The SMILES string of the molecule is CCS(=O)(=O)c1cc(C)c(C)cc1CN. The van der Waals surface area contributed by atoms with E-state index in [2.05, 4.69) is 0 Å². The molecule has 0 aliphatic carbocycles. The second-order valence-electron chi connectivity index (χ2n) is 3.65. The zero-order valence-corrected chi connectivity index (χ0v) is 10.2. The summed E-state index contributed by atoms with van der Waals surface area (Å²) in [5, 5.41) is 0. The molecular formula is C11H17NO2S. The molecule has 1 aromatic rings. The molecule has 0 aliphatic rings. The Balaban J connectivity index is 3.48. The molecule has 84 valence electrons. The van der Waals surface area contributed by atoms with Gasteiger partial charge in [-0.15, -0.1) is 0 Å². The van der Waals surface area contributed by atoms with E-state index in [1.54, 1.807) is 13.0 Å². The third-order valence-electron chi connectivity index (χ3n) is 2.61. The molecule has 0 radical (unpaired) electrons. The number of sulfone groups is 1. The number of hydrogen-bond acceptors (Lipinski definition) is 3. The van der Waals surface area contributed by atoms with E-state index in [1.165, 1.54) is 0 Å². The van der Waals surface area contributed by atoms with E-state index >= 15 is 0 Å². The molecule has 0 spiro atoms. The van der Waals surface area contributed by atoms with E-state index in [1.807, 2.05) is 19.9 Å². The van der Waals surface area contributed by atoms with E-state index in [0.717, 1.165) is 11.1 Å². The molecule has 0 amide bonds. The van der Waals surface area contributed by atoms with Crippen molar-refractivity contribution in [1.29, 1.82) is 0 Å². The minimum atomic E-state index is -3.16. The fourth-order valence-electron chi connectivity index (χ4n) is 1.45. The summed E-state index contributed by atoms with van der Waals surface area (Å²) >= 11 is 0. The highest BCUT2D eigenvalue weighted by Crippen LogP contribution is 2.21. The van der Waals surface area contributed by atoms with Gasteiger partial charge in [0.05, 0.1) is 10.6 Å². The lowest BCUT2D eigenvalue weighted by atomic mass is 10.1. The second kappa shape index (κ2) is 4.33. The van der Waals surface area contributed by atoms with Crippen LogP contribution in [0.3, 0.4) is 0 Å². The first-order chi connectivity index (χ1) is 6.92. The summed E-state index contributed by atoms with van der Waals surface area (Å²) in [7, 11) is -3.16. The van der Waals surface area contributed by atoms with Crippen molar-refractivity contribution in [1.82, 2.24) is 0 Å². The van der Waals surface area contributed by atoms with Crippen LogP contribution in [0.15, 0.2) is 17.0 Å². The Kier molecular flexibility index (Phi) is 3.52. The molecule has 0 aromatic heterocycles. The molecule has 1 aromatic carbocycles. The Hall–Kier alpha value is -0.870. The molecule has 0 atom stereocenters. The molecule has 0 heterocycles. The number of nitrogens with two attached hydrogens (primary N) is 1. The fourth-order valence-corrected chi connectivity index (χ4v) is 2.66. The quantitative estimate of drug-likeness (QED) is 0.852. The number of benzene rings is 1. The molecule has 0 aliphatic heterocycles. The third kappa shape index (κ3) is 2.38. The molecule has 0 saturated carbocycles. The van der Waals surface area contributed by atoms with Gasteiger partial charge >= 0.3 is 0 Å². The van der Waals surface area contributed by atoms with Gasteiger partial charge in [0.15, 0.2) is 9.84 Å². The van der Waals surface area contributed by atoms with E-state index in [9.17, 15) is 8.42 Å². The van der Waals surface area contributed by atoms with Crippen LogP contribution in [0.5, 0.6) is 0 Å². The van der Waals surface area contributed by atoms with Crippen LogP contribution in [0.4, 0.5) is 0 Å². The van der Waals surface area contributed by atoms with Crippen molar-refractivity contribution in [2.75, 3.05) is 5.75 Å². The monoisotopic (exact) mass is 227 g/mol. The fraction of sp³-hybridized carbons (Fsp3) is 0.455. The average Bonchev–Trinajstić information content (AvgIpc) is 2.21. The van der Waals surface area contributed by atoms with Crippen LogP contribution in [0.2, 0.25) is 0 Å². The van der Waals surface area contributed by atoms with Crippen molar-refractivity contribution in [2.24, 2.45) is 5.73 Å². The molecule has 2 N–H and O–H groups in total. The highest BCUT2D eigenvalue weighted by Gasteiger charge is 2.16. The maximum Gasteiger partial charge on any atom is 0.178 e. The topological polar surface area (TPSA) is 60.2 Å². The Morgan fingerprint density at radius 2 is 1.73 bits per heavy atom. The molecule has 1 rings (SSSR count). The van der Waals surface area contributed by atoms with Crippen molar-refractivity contribution in [3.63, 3.8) is 0 Å². The highest BCUT2D eigenvalue weighted by molar-refractivity contribution is 7.91. The third-order valence-corrected chi connectivity index (χ3v) is 4.42. The number of hydrogen-bond donors (Lipinski definition) is 1. The van der Waals surface area contributed by atoms with Gasteiger partial charge in [-0.2, -0.15) is 0 Å². The van der Waals surface area contributed by atoms with Crippen molar-refractivity contribution in [2.45, 2.75) is 32.2 Å². The normalized spacial score (nSPS) is 11.7. The van der Waals surface area contributed by atoms with Crippen molar-refractivity contribution < 1.29 is 8.42 Å². The zero-order valence-electron chi connectivity index (χ0n) is 9.37. The van der Waals surface area contributed by atoms with Crippen LogP contribution in [0.25, 0.3) is 0 Å². The summed E-state index contributed by atoms with van der Waals surface area (Å²) in [4.78, 5) is 0.385. The first-order valence-electron chi connectivity index (χ1n) is 4.95. The largest absolute Gasteiger partial charge is 0.326 e. The van der Waals surface area contributed by atoms with E-state index in [0.29, 0.717) is 10.5 Å². The van der Waals surface area contributed by atoms with Gasteiger partial charge in [0.1, 0.15) is 0 Å². The maximum absolute atomic E-state index is 11.8. The Bertz CT molecular complexity index is 464. The van der Waals surface area contributed by atoms with Crippen LogP contribution in [0, 0.1) is 13.8 Å². The summed E-state index contributed by atoms with van der Waals surface area (Å²) < 4.78 is 23.6. The summed E-state index contributed by atoms with van der Waals surface area (Å²) in [6, 6.07) is 3.58. The minimum Gasteiger partial charge on any atom is -0.326 e. The van der Waals surface area contributed by atoms with Crippen LogP contribution >= 0.6 is 0 Å². The molecule has 0 fully saturated rings. The Labute approximate surface area is 91.2 Å². The van der Waals surface area contributed by atoms with Gasteiger partial charge in [-0.05, 0) is 36.6 Å². The smallest absolute Gasteiger partial charge is 0.178 e. The summed E-state index contributed by atoms with van der Waals surface area (Å²) in [6.45, 7) is 5.77.